The number of carbonyl (C=O) groups excluding carboxylic acids is 1. The molecule has 33 heavy (non-hydrogen) atoms. The summed E-state index contributed by atoms with van der Waals surface area (Å²) in [4.78, 5) is 33.6. The monoisotopic (exact) mass is 446 g/mol. The molecule has 0 unspecified atom stereocenters. The molecule has 9 nitrogen and oxygen atoms in total. The highest BCUT2D eigenvalue weighted by molar-refractivity contribution is 6.06. The van der Waals surface area contributed by atoms with Crippen molar-refractivity contribution in [3.63, 3.8) is 0 Å². The Morgan fingerprint density at radius 3 is 2.61 bits per heavy atom. The van der Waals surface area contributed by atoms with E-state index in [-0.39, 0.29) is 16.9 Å². The summed E-state index contributed by atoms with van der Waals surface area (Å²) in [6, 6.07) is 6.39. The van der Waals surface area contributed by atoms with E-state index in [0.717, 1.165) is 17.7 Å². The van der Waals surface area contributed by atoms with E-state index < -0.39 is 5.82 Å². The quantitative estimate of drug-likeness (QED) is 0.378. The lowest BCUT2D eigenvalue weighted by molar-refractivity contribution is 0.0964. The van der Waals surface area contributed by atoms with Crippen LogP contribution in [0.25, 0.3) is 22.2 Å². The Bertz CT molecular complexity index is 1280. The number of halogens is 1. The number of benzene rings is 1. The fourth-order valence-electron chi connectivity index (χ4n) is 3.46. The second kappa shape index (κ2) is 9.94. The lowest BCUT2D eigenvalue weighted by Crippen LogP contribution is -2.18. The molecule has 10 heteroatoms. The van der Waals surface area contributed by atoms with E-state index in [0.29, 0.717) is 35.9 Å². The summed E-state index contributed by atoms with van der Waals surface area (Å²) in [5.41, 5.74) is 3.03. The zero-order valence-corrected chi connectivity index (χ0v) is 18.3. The van der Waals surface area contributed by atoms with E-state index in [1.54, 1.807) is 18.5 Å². The van der Waals surface area contributed by atoms with E-state index in [2.05, 4.69) is 40.9 Å². The van der Waals surface area contributed by atoms with E-state index in [4.69, 9.17) is 0 Å². The third kappa shape index (κ3) is 4.84. The van der Waals surface area contributed by atoms with Crippen LogP contribution in [0.15, 0.2) is 49.2 Å². The number of nitrogens with zero attached hydrogens (tertiary/aromatic N) is 5. The summed E-state index contributed by atoms with van der Waals surface area (Å²) in [5, 5.41) is 9.07. The maximum atomic E-state index is 14.5. The molecule has 0 spiro atoms. The van der Waals surface area contributed by atoms with Gasteiger partial charge in [-0.25, -0.2) is 24.3 Å². The van der Waals surface area contributed by atoms with Crippen molar-refractivity contribution in [2.75, 3.05) is 30.8 Å². The van der Waals surface area contributed by atoms with Crippen molar-refractivity contribution in [3.8, 4) is 11.3 Å². The fourth-order valence-corrected chi connectivity index (χ4v) is 3.46. The number of aromatic nitrogens is 5. The zero-order chi connectivity index (χ0) is 23.2. The van der Waals surface area contributed by atoms with Crippen molar-refractivity contribution in [1.82, 2.24) is 30.2 Å². The molecule has 0 fully saturated rings. The van der Waals surface area contributed by atoms with E-state index in [9.17, 15) is 9.18 Å². The first kappa shape index (κ1) is 22.0. The fraction of sp³-hybridized carbons (Fsp3) is 0.217. The third-order valence-corrected chi connectivity index (χ3v) is 5.05. The van der Waals surface area contributed by atoms with Crippen molar-refractivity contribution in [2.24, 2.45) is 0 Å². The van der Waals surface area contributed by atoms with Gasteiger partial charge >= 0.3 is 0 Å². The molecule has 3 aromatic heterocycles. The van der Waals surface area contributed by atoms with Gasteiger partial charge in [0.25, 0.3) is 5.91 Å². The van der Waals surface area contributed by atoms with Crippen molar-refractivity contribution >= 4 is 28.6 Å². The maximum absolute atomic E-state index is 14.5. The molecule has 3 heterocycles. The molecule has 0 aliphatic heterocycles. The van der Waals surface area contributed by atoms with Crippen LogP contribution in [0.5, 0.6) is 0 Å². The first-order chi connectivity index (χ1) is 16.1. The summed E-state index contributed by atoms with van der Waals surface area (Å²) in [6.07, 6.45) is 6.96. The molecular weight excluding hydrogens is 423 g/mol. The number of carbonyl (C=O) groups is 1. The average molecular weight is 446 g/mol. The minimum atomic E-state index is -0.476. The summed E-state index contributed by atoms with van der Waals surface area (Å²) < 4.78 is 14.5. The minimum Gasteiger partial charge on any atom is -0.370 e. The Labute approximate surface area is 189 Å². The van der Waals surface area contributed by atoms with Crippen LogP contribution in [-0.2, 0) is 6.42 Å². The Kier molecular flexibility index (Phi) is 6.63. The number of rotatable bonds is 8. The topological polar surface area (TPSA) is 118 Å². The lowest BCUT2D eigenvalue weighted by Gasteiger charge is -2.11. The predicted molar refractivity (Wildman–Crippen MR) is 125 cm³/mol. The standard InChI is InChI=1S/C23H23FN8O/c1-3-26-23-29-11-15(12-30-23)18-10-19(32-13-31-18)27-8-6-14-4-5-17(24)20-16(22(33)25-2)7-9-28-21(14)20/h4-5,7,9-13H,3,6,8H2,1-2H3,(H,25,33)(H,26,29,30)(H,27,31,32). The zero-order valence-electron chi connectivity index (χ0n) is 18.3. The van der Waals surface area contributed by atoms with Gasteiger partial charge < -0.3 is 16.0 Å². The molecule has 0 atom stereocenters. The van der Waals surface area contributed by atoms with Crippen LogP contribution < -0.4 is 16.0 Å². The van der Waals surface area contributed by atoms with Gasteiger partial charge in [-0.2, -0.15) is 0 Å². The molecule has 0 aliphatic carbocycles. The third-order valence-electron chi connectivity index (χ3n) is 5.05. The Balaban J connectivity index is 1.49. The van der Waals surface area contributed by atoms with Gasteiger partial charge in [-0.3, -0.25) is 9.78 Å². The van der Waals surface area contributed by atoms with E-state index in [1.165, 1.54) is 31.7 Å². The number of hydrogen-bond acceptors (Lipinski definition) is 8. The molecule has 168 valence electrons. The molecule has 3 N–H and O–H groups in total. The number of pyridine rings is 1. The van der Waals surface area contributed by atoms with Crippen LogP contribution in [0.4, 0.5) is 16.2 Å². The first-order valence-electron chi connectivity index (χ1n) is 10.5. The SMILES string of the molecule is CCNc1ncc(-c2cc(NCCc3ccc(F)c4c(C(=O)NC)ccnc34)ncn2)cn1. The highest BCUT2D eigenvalue weighted by Crippen LogP contribution is 2.24. The summed E-state index contributed by atoms with van der Waals surface area (Å²) in [5.74, 6) is 0.373. The normalized spacial score (nSPS) is 10.8. The molecule has 0 radical (unpaired) electrons. The second-order valence-electron chi connectivity index (χ2n) is 7.16. The first-order valence-corrected chi connectivity index (χ1v) is 10.5. The number of fused-ring (bicyclic) bond motifs is 1. The molecule has 0 saturated heterocycles. The molecule has 1 amide bonds. The highest BCUT2D eigenvalue weighted by Gasteiger charge is 2.15. The van der Waals surface area contributed by atoms with Crippen LogP contribution >= 0.6 is 0 Å². The van der Waals surface area contributed by atoms with Gasteiger partial charge in [0.15, 0.2) is 0 Å². The van der Waals surface area contributed by atoms with Gasteiger partial charge in [0.2, 0.25) is 5.95 Å². The number of hydrogen-bond donors (Lipinski definition) is 3. The Hall–Kier alpha value is -4.21. The van der Waals surface area contributed by atoms with Gasteiger partial charge in [0.1, 0.15) is 18.0 Å². The molecule has 0 aliphatic rings. The Morgan fingerprint density at radius 2 is 1.85 bits per heavy atom. The smallest absolute Gasteiger partial charge is 0.251 e. The van der Waals surface area contributed by atoms with Gasteiger partial charge in [-0.05, 0) is 31.0 Å². The number of nitrogens with one attached hydrogen (secondary N) is 3. The van der Waals surface area contributed by atoms with Crippen LogP contribution in [0.2, 0.25) is 0 Å². The molecule has 1 aromatic carbocycles. The molecule has 4 aromatic rings. The average Bonchev–Trinajstić information content (AvgIpc) is 2.85. The van der Waals surface area contributed by atoms with Crippen molar-refractivity contribution in [3.05, 3.63) is 66.1 Å². The van der Waals surface area contributed by atoms with Crippen LogP contribution in [0, 0.1) is 5.82 Å². The predicted octanol–water partition coefficient (Wildman–Crippen LogP) is 3.07. The Morgan fingerprint density at radius 1 is 1.03 bits per heavy atom. The summed E-state index contributed by atoms with van der Waals surface area (Å²) in [6.45, 7) is 3.25. The lowest BCUT2D eigenvalue weighted by atomic mass is 10.0. The van der Waals surface area contributed by atoms with Crippen LogP contribution in [0.3, 0.4) is 0 Å². The van der Waals surface area contributed by atoms with E-state index in [1.807, 2.05) is 13.0 Å². The van der Waals surface area contributed by atoms with Gasteiger partial charge in [-0.1, -0.05) is 6.07 Å². The second-order valence-corrected chi connectivity index (χ2v) is 7.16. The summed E-state index contributed by atoms with van der Waals surface area (Å²) in [7, 11) is 1.51. The minimum absolute atomic E-state index is 0.222. The molecular formula is C23H23FN8O. The van der Waals surface area contributed by atoms with Gasteiger partial charge in [-0.15, -0.1) is 0 Å². The summed E-state index contributed by atoms with van der Waals surface area (Å²) >= 11 is 0. The number of amides is 1. The van der Waals surface area contributed by atoms with E-state index >= 15 is 0 Å². The van der Waals surface area contributed by atoms with Gasteiger partial charge in [0, 0.05) is 55.7 Å². The van der Waals surface area contributed by atoms with Crippen molar-refractivity contribution in [1.29, 1.82) is 0 Å². The highest BCUT2D eigenvalue weighted by atomic mass is 19.1. The van der Waals surface area contributed by atoms with Crippen molar-refractivity contribution in [2.45, 2.75) is 13.3 Å². The molecule has 0 saturated carbocycles. The van der Waals surface area contributed by atoms with Crippen LogP contribution in [0.1, 0.15) is 22.8 Å². The maximum Gasteiger partial charge on any atom is 0.251 e. The molecule has 4 rings (SSSR count). The molecule has 0 bridgehead atoms. The van der Waals surface area contributed by atoms with Crippen LogP contribution in [-0.4, -0.2) is 51.0 Å². The van der Waals surface area contributed by atoms with Crippen molar-refractivity contribution < 1.29 is 9.18 Å². The largest absolute Gasteiger partial charge is 0.370 e. The number of anilines is 2. The van der Waals surface area contributed by atoms with Gasteiger partial charge in [0.05, 0.1) is 16.8 Å².